The number of sulfonamides is 1. The van der Waals surface area contributed by atoms with Gasteiger partial charge in [0.2, 0.25) is 10.0 Å². The number of aryl methyl sites for hydroxylation is 1. The molecule has 1 heterocycles. The summed E-state index contributed by atoms with van der Waals surface area (Å²) in [6.45, 7) is 2.56. The van der Waals surface area contributed by atoms with E-state index >= 15 is 0 Å². The van der Waals surface area contributed by atoms with Gasteiger partial charge in [-0.1, -0.05) is 22.9 Å². The van der Waals surface area contributed by atoms with E-state index in [4.69, 9.17) is 0 Å². The van der Waals surface area contributed by atoms with Crippen molar-refractivity contribution >= 4 is 26.0 Å². The topological polar surface area (TPSA) is 59.1 Å². The number of nitrogens with one attached hydrogen (secondary N) is 1. The number of rotatable bonds is 8. The van der Waals surface area contributed by atoms with E-state index < -0.39 is 10.0 Å². The average molecular weight is 335 g/mol. The summed E-state index contributed by atoms with van der Waals surface area (Å²) in [5.74, 6) is 0.121. The summed E-state index contributed by atoms with van der Waals surface area (Å²) in [6.07, 6.45) is 5.67. The zero-order valence-electron chi connectivity index (χ0n) is 10.5. The van der Waals surface area contributed by atoms with E-state index in [1.54, 1.807) is 12.4 Å². The molecule has 1 aromatic rings. The third-order valence-corrected chi connectivity index (χ3v) is 5.12. The van der Waals surface area contributed by atoms with Crippen LogP contribution in [0.25, 0.3) is 0 Å². The fourth-order valence-corrected chi connectivity index (χ4v) is 2.76. The van der Waals surface area contributed by atoms with E-state index in [2.05, 4.69) is 32.6 Å². The van der Waals surface area contributed by atoms with Crippen LogP contribution < -0.4 is 4.72 Å². The number of hydrogen-bond donors (Lipinski definition) is 1. The van der Waals surface area contributed by atoms with Crippen molar-refractivity contribution in [2.75, 3.05) is 12.3 Å². The molecule has 0 bridgehead atoms. The monoisotopic (exact) mass is 334 g/mol. The lowest BCUT2D eigenvalue weighted by atomic mass is 10.2. The van der Waals surface area contributed by atoms with Gasteiger partial charge in [0.25, 0.3) is 0 Å². The van der Waals surface area contributed by atoms with Gasteiger partial charge in [-0.25, -0.2) is 13.1 Å². The molecule has 0 aliphatic rings. The zero-order valence-corrected chi connectivity index (χ0v) is 12.9. The van der Waals surface area contributed by atoms with Crippen LogP contribution >= 0.6 is 15.9 Å². The maximum absolute atomic E-state index is 11.7. The van der Waals surface area contributed by atoms with Gasteiger partial charge in [0.1, 0.15) is 0 Å². The van der Waals surface area contributed by atoms with Gasteiger partial charge in [-0.15, -0.1) is 0 Å². The second kappa shape index (κ2) is 7.86. The van der Waals surface area contributed by atoms with Gasteiger partial charge < -0.3 is 0 Å². The van der Waals surface area contributed by atoms with Crippen molar-refractivity contribution in [1.82, 2.24) is 9.71 Å². The Morgan fingerprint density at radius 2 is 2.06 bits per heavy atom. The van der Waals surface area contributed by atoms with Crippen LogP contribution in [0.2, 0.25) is 0 Å². The van der Waals surface area contributed by atoms with Crippen molar-refractivity contribution in [3.63, 3.8) is 0 Å². The van der Waals surface area contributed by atoms with Crippen molar-refractivity contribution in [2.45, 2.75) is 31.0 Å². The van der Waals surface area contributed by atoms with E-state index in [0.29, 0.717) is 17.8 Å². The Labute approximate surface area is 117 Å². The molecule has 0 fully saturated rings. The Kier molecular flexibility index (Phi) is 6.81. The first-order chi connectivity index (χ1) is 8.53. The molecule has 1 rings (SSSR count). The first-order valence-corrected chi connectivity index (χ1v) is 8.60. The normalized spacial score (nSPS) is 13.4. The summed E-state index contributed by atoms with van der Waals surface area (Å²) in [5.41, 5.74) is 0.988. The molecule has 0 amide bonds. The van der Waals surface area contributed by atoms with Crippen LogP contribution in [-0.2, 0) is 16.4 Å². The Hall–Kier alpha value is -0.460. The van der Waals surface area contributed by atoms with E-state index in [1.165, 1.54) is 0 Å². The smallest absolute Gasteiger partial charge is 0.211 e. The van der Waals surface area contributed by atoms with E-state index in [-0.39, 0.29) is 5.75 Å². The lowest BCUT2D eigenvalue weighted by Crippen LogP contribution is -2.29. The molecule has 102 valence electrons. The van der Waals surface area contributed by atoms with Crippen LogP contribution in [0.1, 0.15) is 25.3 Å². The minimum absolute atomic E-state index is 0.121. The molecule has 1 atom stereocenters. The molecule has 6 heteroatoms. The molecule has 0 radical (unpaired) electrons. The lowest BCUT2D eigenvalue weighted by Gasteiger charge is -2.09. The van der Waals surface area contributed by atoms with Gasteiger partial charge in [0.15, 0.2) is 0 Å². The quantitative estimate of drug-likeness (QED) is 0.740. The molecule has 0 aliphatic carbocycles. The molecule has 0 aliphatic heterocycles. The summed E-state index contributed by atoms with van der Waals surface area (Å²) in [7, 11) is -3.17. The fourth-order valence-electron chi connectivity index (χ4n) is 1.45. The van der Waals surface area contributed by atoms with Crippen molar-refractivity contribution in [1.29, 1.82) is 0 Å². The molecule has 1 aromatic heterocycles. The highest BCUT2D eigenvalue weighted by Gasteiger charge is 2.10. The fraction of sp³-hybridized carbons (Fsp3) is 0.583. The van der Waals surface area contributed by atoms with Crippen LogP contribution in [0, 0.1) is 0 Å². The van der Waals surface area contributed by atoms with Gasteiger partial charge in [-0.3, -0.25) is 4.98 Å². The summed E-state index contributed by atoms with van der Waals surface area (Å²) < 4.78 is 26.1. The second-order valence-corrected chi connectivity index (χ2v) is 7.33. The first kappa shape index (κ1) is 15.6. The molecule has 0 spiro atoms. The first-order valence-electron chi connectivity index (χ1n) is 6.04. The highest BCUT2D eigenvalue weighted by molar-refractivity contribution is 9.09. The van der Waals surface area contributed by atoms with Crippen LogP contribution in [0.3, 0.4) is 0 Å². The molecule has 1 N–H and O–H groups in total. The predicted octanol–water partition coefficient (Wildman–Crippen LogP) is 2.11. The maximum atomic E-state index is 11.7. The van der Waals surface area contributed by atoms with E-state index in [0.717, 1.165) is 18.4 Å². The van der Waals surface area contributed by atoms with E-state index in [9.17, 15) is 8.42 Å². The molecule has 4 nitrogen and oxygen atoms in total. The number of alkyl halides is 1. The lowest BCUT2D eigenvalue weighted by molar-refractivity contribution is 0.577. The largest absolute Gasteiger partial charge is 0.265 e. The van der Waals surface area contributed by atoms with Crippen molar-refractivity contribution < 1.29 is 8.42 Å². The third kappa shape index (κ3) is 6.47. The molecule has 0 aromatic carbocycles. The number of hydrogen-bond acceptors (Lipinski definition) is 3. The van der Waals surface area contributed by atoms with Crippen LogP contribution in [0.5, 0.6) is 0 Å². The molecule has 18 heavy (non-hydrogen) atoms. The van der Waals surface area contributed by atoms with Gasteiger partial charge in [-0.2, -0.15) is 0 Å². The molecular formula is C12H19BrN2O2S. The van der Waals surface area contributed by atoms with Crippen LogP contribution in [0.4, 0.5) is 0 Å². The molecule has 1 unspecified atom stereocenters. The Morgan fingerprint density at radius 1 is 1.39 bits per heavy atom. The van der Waals surface area contributed by atoms with Gasteiger partial charge in [0.05, 0.1) is 5.75 Å². The maximum Gasteiger partial charge on any atom is 0.211 e. The summed E-state index contributed by atoms with van der Waals surface area (Å²) in [5, 5.41) is 0. The summed E-state index contributed by atoms with van der Waals surface area (Å²) in [4.78, 5) is 4.27. The Morgan fingerprint density at radius 3 is 2.67 bits per heavy atom. The van der Waals surface area contributed by atoms with Crippen molar-refractivity contribution in [3.8, 4) is 0 Å². The standard InChI is InChI=1S/C12H19BrN2O2S/c1-2-12(13)5-9-15-18(16,17)10-6-11-3-7-14-8-4-11/h3-4,7-8,12,15H,2,5-6,9-10H2,1H3. The van der Waals surface area contributed by atoms with Crippen LogP contribution in [-0.4, -0.2) is 30.5 Å². The van der Waals surface area contributed by atoms with Gasteiger partial charge >= 0.3 is 0 Å². The number of halogens is 1. The zero-order chi connectivity index (χ0) is 13.4. The predicted molar refractivity (Wildman–Crippen MR) is 77.4 cm³/mol. The highest BCUT2D eigenvalue weighted by Crippen LogP contribution is 2.08. The SMILES string of the molecule is CCC(Br)CCNS(=O)(=O)CCc1ccncc1. The Balaban J connectivity index is 2.32. The van der Waals surface area contributed by atoms with Crippen molar-refractivity contribution in [3.05, 3.63) is 30.1 Å². The third-order valence-electron chi connectivity index (χ3n) is 2.63. The average Bonchev–Trinajstić information content (AvgIpc) is 2.37. The van der Waals surface area contributed by atoms with Crippen LogP contribution in [0.15, 0.2) is 24.5 Å². The van der Waals surface area contributed by atoms with Crippen molar-refractivity contribution in [2.24, 2.45) is 0 Å². The molecule has 0 saturated carbocycles. The number of aromatic nitrogens is 1. The van der Waals surface area contributed by atoms with Gasteiger partial charge in [-0.05, 0) is 37.0 Å². The Bertz CT molecular complexity index is 437. The summed E-state index contributed by atoms with van der Waals surface area (Å²) in [6, 6.07) is 3.67. The number of nitrogens with zero attached hydrogens (tertiary/aromatic N) is 1. The minimum atomic E-state index is -3.17. The second-order valence-electron chi connectivity index (χ2n) is 4.11. The van der Waals surface area contributed by atoms with Gasteiger partial charge in [0, 0.05) is 23.8 Å². The summed E-state index contributed by atoms with van der Waals surface area (Å²) >= 11 is 3.48. The molecular weight excluding hydrogens is 316 g/mol. The number of pyridine rings is 1. The highest BCUT2D eigenvalue weighted by atomic mass is 79.9. The minimum Gasteiger partial charge on any atom is -0.265 e. The van der Waals surface area contributed by atoms with E-state index in [1.807, 2.05) is 12.1 Å². The molecule has 0 saturated heterocycles.